The summed E-state index contributed by atoms with van der Waals surface area (Å²) in [4.78, 5) is 12.4. The monoisotopic (exact) mass is 234 g/mol. The molecule has 16 heavy (non-hydrogen) atoms. The van der Waals surface area contributed by atoms with Crippen LogP contribution in [0, 0.1) is 0 Å². The van der Waals surface area contributed by atoms with Crippen molar-refractivity contribution in [2.45, 2.75) is 31.6 Å². The molecular weight excluding hydrogens is 212 g/mol. The Hall–Kier alpha value is -0.690. The fourth-order valence-corrected chi connectivity index (χ4v) is 1.30. The zero-order valence-electron chi connectivity index (χ0n) is 9.93. The Balaban J connectivity index is 3.47. The van der Waals surface area contributed by atoms with Crippen molar-refractivity contribution in [2.75, 3.05) is 27.2 Å². The Morgan fingerprint density at radius 2 is 2.12 bits per heavy atom. The second-order valence-corrected chi connectivity index (χ2v) is 3.89. The minimum Gasteiger partial charge on any atom is -0.480 e. The largest absolute Gasteiger partial charge is 0.480 e. The second-order valence-electron chi connectivity index (χ2n) is 3.89. The minimum atomic E-state index is -0.955. The number of likely N-dealkylation sites (N-methyl/N-ethyl adjacent to an activating group) is 1. The number of ether oxygens (including phenoxy) is 1. The maximum atomic E-state index is 10.4. The van der Waals surface area contributed by atoms with E-state index < -0.39 is 18.3 Å². The van der Waals surface area contributed by atoms with Crippen molar-refractivity contribution < 1.29 is 19.7 Å². The highest BCUT2D eigenvalue weighted by Crippen LogP contribution is 2.01. The molecule has 0 saturated carbocycles. The number of carbonyl (C=O) groups is 1. The molecule has 0 aromatic carbocycles. The van der Waals surface area contributed by atoms with Gasteiger partial charge in [0.15, 0.2) is 6.29 Å². The number of nitrogens with two attached hydrogens (primary N) is 1. The first-order chi connectivity index (χ1) is 7.47. The summed E-state index contributed by atoms with van der Waals surface area (Å²) in [5.74, 6) is -0.955. The molecule has 0 heterocycles. The number of carboxylic acids is 1. The van der Waals surface area contributed by atoms with Gasteiger partial charge in [0, 0.05) is 13.7 Å². The third-order valence-corrected chi connectivity index (χ3v) is 2.36. The number of aliphatic carboxylic acids is 1. The molecule has 2 unspecified atom stereocenters. The van der Waals surface area contributed by atoms with Crippen molar-refractivity contribution in [1.82, 2.24) is 4.90 Å². The first-order valence-corrected chi connectivity index (χ1v) is 5.35. The van der Waals surface area contributed by atoms with Crippen molar-refractivity contribution in [3.63, 3.8) is 0 Å². The highest BCUT2D eigenvalue weighted by molar-refractivity contribution is 5.72. The molecule has 0 aliphatic carbocycles. The van der Waals surface area contributed by atoms with Crippen LogP contribution in [0.1, 0.15) is 19.3 Å². The van der Waals surface area contributed by atoms with Crippen LogP contribution in [-0.2, 0) is 9.53 Å². The number of aliphatic hydroxyl groups is 1. The summed E-state index contributed by atoms with van der Waals surface area (Å²) in [6.45, 7) is 1.23. The molecule has 4 N–H and O–H groups in total. The standard InChI is InChI=1S/C10H22N2O4/c1-12(7-9(13)16-2)6-4-3-5-8(11)10(14)15/h8-9,13H,3-7,11H2,1-2H3,(H,14,15). The van der Waals surface area contributed by atoms with Crippen molar-refractivity contribution in [3.8, 4) is 0 Å². The molecule has 0 aliphatic rings. The lowest BCUT2D eigenvalue weighted by atomic mass is 10.1. The highest BCUT2D eigenvalue weighted by Gasteiger charge is 2.11. The first-order valence-electron chi connectivity index (χ1n) is 5.35. The quantitative estimate of drug-likeness (QED) is 0.366. The Morgan fingerprint density at radius 3 is 2.62 bits per heavy atom. The van der Waals surface area contributed by atoms with Gasteiger partial charge in [0.1, 0.15) is 6.04 Å². The van der Waals surface area contributed by atoms with Gasteiger partial charge >= 0.3 is 5.97 Å². The molecule has 0 saturated heterocycles. The lowest BCUT2D eigenvalue weighted by Gasteiger charge is -2.19. The Labute approximate surface area is 96.0 Å². The highest BCUT2D eigenvalue weighted by atomic mass is 16.6. The van der Waals surface area contributed by atoms with Crippen molar-refractivity contribution in [2.24, 2.45) is 5.73 Å². The molecule has 2 atom stereocenters. The first kappa shape index (κ1) is 15.3. The lowest BCUT2D eigenvalue weighted by Crippen LogP contribution is -2.32. The fraction of sp³-hybridized carbons (Fsp3) is 0.900. The lowest BCUT2D eigenvalue weighted by molar-refractivity contribution is -0.138. The molecule has 0 amide bonds. The van der Waals surface area contributed by atoms with E-state index in [2.05, 4.69) is 0 Å². The van der Waals surface area contributed by atoms with E-state index >= 15 is 0 Å². The Bertz CT molecular complexity index is 201. The molecule has 0 radical (unpaired) electrons. The van der Waals surface area contributed by atoms with E-state index in [1.165, 1.54) is 7.11 Å². The molecule has 0 fully saturated rings. The SMILES string of the molecule is COC(O)CN(C)CCCCC(N)C(=O)O. The van der Waals surface area contributed by atoms with E-state index in [1.807, 2.05) is 11.9 Å². The van der Waals surface area contributed by atoms with Gasteiger partial charge in [0.05, 0.1) is 0 Å². The zero-order chi connectivity index (χ0) is 12.6. The molecule has 6 nitrogen and oxygen atoms in total. The smallest absolute Gasteiger partial charge is 0.320 e. The van der Waals surface area contributed by atoms with Crippen LogP contribution in [0.25, 0.3) is 0 Å². The predicted molar refractivity (Wildman–Crippen MR) is 60.0 cm³/mol. The summed E-state index contributed by atoms with van der Waals surface area (Å²) in [5, 5.41) is 17.7. The van der Waals surface area contributed by atoms with Crippen LogP contribution in [0.4, 0.5) is 0 Å². The van der Waals surface area contributed by atoms with Crippen LogP contribution in [0.15, 0.2) is 0 Å². The summed E-state index contributed by atoms with van der Waals surface area (Å²) in [5.41, 5.74) is 5.36. The number of carboxylic acid groups (broad SMARTS) is 1. The molecule has 0 bridgehead atoms. The third-order valence-electron chi connectivity index (χ3n) is 2.36. The van der Waals surface area contributed by atoms with E-state index in [9.17, 15) is 9.90 Å². The summed E-state index contributed by atoms with van der Waals surface area (Å²) < 4.78 is 4.71. The van der Waals surface area contributed by atoms with Gasteiger partial charge in [0.2, 0.25) is 0 Å². The maximum Gasteiger partial charge on any atom is 0.320 e. The molecule has 6 heteroatoms. The summed E-state index contributed by atoms with van der Waals surface area (Å²) in [6.07, 6.45) is 1.33. The number of methoxy groups -OCH3 is 1. The second kappa shape index (κ2) is 8.46. The van der Waals surface area contributed by atoms with Crippen LogP contribution < -0.4 is 5.73 Å². The Kier molecular flexibility index (Phi) is 8.10. The van der Waals surface area contributed by atoms with Gasteiger partial charge in [-0.25, -0.2) is 0 Å². The number of unbranched alkanes of at least 4 members (excludes halogenated alkanes) is 1. The summed E-state index contributed by atoms with van der Waals surface area (Å²) in [6, 6.07) is -0.769. The van der Waals surface area contributed by atoms with Gasteiger partial charge in [-0.15, -0.1) is 0 Å². The number of nitrogens with zero attached hydrogens (tertiary/aromatic N) is 1. The number of aliphatic hydroxyl groups excluding tert-OH is 1. The third kappa shape index (κ3) is 7.58. The van der Waals surface area contributed by atoms with Crippen LogP contribution in [-0.4, -0.2) is 60.7 Å². The zero-order valence-corrected chi connectivity index (χ0v) is 9.93. The molecule has 0 aliphatic heterocycles. The average Bonchev–Trinajstić information content (AvgIpc) is 2.23. The predicted octanol–water partition coefficient (Wildman–Crippen LogP) is -0.535. The molecule has 0 spiro atoms. The maximum absolute atomic E-state index is 10.4. The minimum absolute atomic E-state index is 0.446. The van der Waals surface area contributed by atoms with E-state index in [0.29, 0.717) is 13.0 Å². The summed E-state index contributed by atoms with van der Waals surface area (Å²) >= 11 is 0. The number of hydrogen-bond donors (Lipinski definition) is 3. The van der Waals surface area contributed by atoms with Gasteiger partial charge in [-0.2, -0.15) is 0 Å². The van der Waals surface area contributed by atoms with Crippen LogP contribution in [0.2, 0.25) is 0 Å². The average molecular weight is 234 g/mol. The molecule has 0 aromatic heterocycles. The van der Waals surface area contributed by atoms with Crippen LogP contribution in [0.5, 0.6) is 0 Å². The normalized spacial score (nSPS) is 15.1. The molecule has 96 valence electrons. The summed E-state index contributed by atoms with van der Waals surface area (Å²) in [7, 11) is 3.32. The van der Waals surface area contributed by atoms with Gasteiger partial charge < -0.3 is 25.6 Å². The topological polar surface area (TPSA) is 96.0 Å². The van der Waals surface area contributed by atoms with Gasteiger partial charge in [0.25, 0.3) is 0 Å². The van der Waals surface area contributed by atoms with Gasteiger partial charge in [-0.05, 0) is 26.4 Å². The van der Waals surface area contributed by atoms with Crippen LogP contribution >= 0.6 is 0 Å². The van der Waals surface area contributed by atoms with E-state index in [1.54, 1.807) is 0 Å². The van der Waals surface area contributed by atoms with Crippen LogP contribution in [0.3, 0.4) is 0 Å². The fourth-order valence-electron chi connectivity index (χ4n) is 1.30. The van der Waals surface area contributed by atoms with E-state index in [0.717, 1.165) is 19.4 Å². The molecule has 0 rings (SSSR count). The van der Waals surface area contributed by atoms with Crippen molar-refractivity contribution in [3.05, 3.63) is 0 Å². The van der Waals surface area contributed by atoms with Crippen molar-refractivity contribution >= 4 is 5.97 Å². The Morgan fingerprint density at radius 1 is 1.50 bits per heavy atom. The van der Waals surface area contributed by atoms with E-state index in [4.69, 9.17) is 15.6 Å². The van der Waals surface area contributed by atoms with Crippen molar-refractivity contribution in [1.29, 1.82) is 0 Å². The number of rotatable bonds is 9. The molecule has 0 aromatic rings. The van der Waals surface area contributed by atoms with Gasteiger partial charge in [-0.1, -0.05) is 6.42 Å². The molecular formula is C10H22N2O4. The van der Waals surface area contributed by atoms with E-state index in [-0.39, 0.29) is 0 Å². The van der Waals surface area contributed by atoms with Gasteiger partial charge in [-0.3, -0.25) is 4.79 Å². The number of hydrogen-bond acceptors (Lipinski definition) is 5.